The van der Waals surface area contributed by atoms with Crippen LogP contribution in [0.4, 0.5) is 0 Å². The summed E-state index contributed by atoms with van der Waals surface area (Å²) in [7, 11) is 2.10. The quantitative estimate of drug-likeness (QED) is 0.297. The molecule has 0 bridgehead atoms. The second kappa shape index (κ2) is 7.63. The monoisotopic (exact) mass is 424 g/mol. The lowest BCUT2D eigenvalue weighted by atomic mass is 10.00. The maximum Gasteiger partial charge on any atom is 0.297 e. The molecule has 5 aromatic rings. The summed E-state index contributed by atoms with van der Waals surface area (Å²) in [6.07, 6.45) is 4.26. The molecule has 3 aromatic heterocycles. The topological polar surface area (TPSA) is 34.8 Å². The van der Waals surface area contributed by atoms with Crippen molar-refractivity contribution in [2.75, 3.05) is 0 Å². The summed E-state index contributed by atoms with van der Waals surface area (Å²) in [5, 5.41) is 2.17. The maximum absolute atomic E-state index is 6.46. The van der Waals surface area contributed by atoms with Crippen LogP contribution in [0.3, 0.4) is 0 Å². The van der Waals surface area contributed by atoms with Gasteiger partial charge in [0.25, 0.3) is 5.82 Å². The van der Waals surface area contributed by atoms with E-state index in [1.54, 1.807) is 0 Å². The smallest absolute Gasteiger partial charge is 0.297 e. The molecule has 0 aliphatic rings. The van der Waals surface area contributed by atoms with Gasteiger partial charge in [-0.1, -0.05) is 58.0 Å². The van der Waals surface area contributed by atoms with Crippen LogP contribution < -0.4 is 4.57 Å². The van der Waals surface area contributed by atoms with Crippen LogP contribution in [0.15, 0.2) is 65.3 Å². The van der Waals surface area contributed by atoms with Crippen LogP contribution in [-0.2, 0) is 7.05 Å². The average Bonchev–Trinajstić information content (AvgIpc) is 3.33. The van der Waals surface area contributed by atoms with Crippen molar-refractivity contribution in [2.24, 2.45) is 7.05 Å². The lowest BCUT2D eigenvalue weighted by Gasteiger charge is -2.12. The minimum atomic E-state index is 0.358. The summed E-state index contributed by atoms with van der Waals surface area (Å²) in [6, 6.07) is 17.3. The molecule has 0 saturated heterocycles. The van der Waals surface area contributed by atoms with E-state index in [4.69, 9.17) is 9.40 Å². The van der Waals surface area contributed by atoms with Gasteiger partial charge in [0.05, 0.1) is 7.05 Å². The van der Waals surface area contributed by atoms with Crippen LogP contribution >= 0.6 is 0 Å². The molecule has 0 aliphatic carbocycles. The number of hydrogen-bond acceptors (Lipinski definition) is 2. The van der Waals surface area contributed by atoms with Crippen LogP contribution in [-0.4, -0.2) is 9.55 Å². The fraction of sp³-hybridized carbons (Fsp3) is 0.286. The molecule has 0 atom stereocenters. The Morgan fingerprint density at radius 2 is 1.66 bits per heavy atom. The van der Waals surface area contributed by atoms with Crippen LogP contribution in [0.5, 0.6) is 0 Å². The highest BCUT2D eigenvalue weighted by molar-refractivity contribution is 6.08. The molecule has 0 spiro atoms. The Bertz CT molecular complexity index is 1450. The van der Waals surface area contributed by atoms with E-state index < -0.39 is 0 Å². The summed E-state index contributed by atoms with van der Waals surface area (Å²) < 4.78 is 10.9. The van der Waals surface area contributed by atoms with Gasteiger partial charge in [-0.25, -0.2) is 9.55 Å². The fourth-order valence-corrected chi connectivity index (χ4v) is 4.60. The first-order chi connectivity index (χ1) is 15.4. The van der Waals surface area contributed by atoms with Crippen molar-refractivity contribution < 1.29 is 8.98 Å². The van der Waals surface area contributed by atoms with E-state index in [9.17, 15) is 0 Å². The van der Waals surface area contributed by atoms with Crippen molar-refractivity contribution in [3.63, 3.8) is 0 Å². The van der Waals surface area contributed by atoms with Gasteiger partial charge < -0.3 is 4.42 Å². The van der Waals surface area contributed by atoms with E-state index >= 15 is 0 Å². The van der Waals surface area contributed by atoms with E-state index in [0.717, 1.165) is 33.4 Å². The van der Waals surface area contributed by atoms with E-state index in [-0.39, 0.29) is 0 Å². The van der Waals surface area contributed by atoms with Gasteiger partial charge in [0.15, 0.2) is 5.58 Å². The molecule has 0 aliphatic heterocycles. The number of fused-ring (bicyclic) bond motifs is 3. The highest BCUT2D eigenvalue weighted by Gasteiger charge is 2.27. The summed E-state index contributed by atoms with van der Waals surface area (Å²) in [4.78, 5) is 4.82. The molecule has 4 heteroatoms. The summed E-state index contributed by atoms with van der Waals surface area (Å²) in [5.41, 5.74) is 7.46. The number of aromatic nitrogens is 3. The Kier molecular flexibility index (Phi) is 4.89. The molecular formula is C28H30N3O+. The maximum atomic E-state index is 6.46. The predicted molar refractivity (Wildman–Crippen MR) is 130 cm³/mol. The lowest BCUT2D eigenvalue weighted by molar-refractivity contribution is -0.659. The van der Waals surface area contributed by atoms with Gasteiger partial charge in [0.2, 0.25) is 5.71 Å². The summed E-state index contributed by atoms with van der Waals surface area (Å²) >= 11 is 0. The Labute approximate surface area is 189 Å². The Morgan fingerprint density at radius 3 is 2.41 bits per heavy atom. The van der Waals surface area contributed by atoms with Gasteiger partial charge in [-0.3, -0.25) is 0 Å². The molecule has 0 N–H and O–H groups in total. The lowest BCUT2D eigenvalue weighted by Crippen LogP contribution is -2.29. The zero-order valence-electron chi connectivity index (χ0n) is 19.7. The molecule has 0 saturated carbocycles. The van der Waals surface area contributed by atoms with E-state index in [1.165, 1.54) is 16.8 Å². The molecule has 0 fully saturated rings. The number of pyridine rings is 1. The summed E-state index contributed by atoms with van der Waals surface area (Å²) in [5.74, 6) is 1.88. The Hall–Kier alpha value is -3.40. The number of benzene rings is 2. The van der Waals surface area contributed by atoms with E-state index in [0.29, 0.717) is 17.5 Å². The predicted octanol–water partition coefficient (Wildman–Crippen LogP) is 6.82. The zero-order valence-corrected chi connectivity index (χ0v) is 19.7. The molecular weight excluding hydrogens is 394 g/mol. The Balaban J connectivity index is 1.83. The van der Waals surface area contributed by atoms with Gasteiger partial charge in [-0.05, 0) is 42.5 Å². The van der Waals surface area contributed by atoms with Gasteiger partial charge >= 0.3 is 0 Å². The van der Waals surface area contributed by atoms with Gasteiger partial charge in [0, 0.05) is 22.0 Å². The first-order valence-electron chi connectivity index (χ1n) is 11.4. The third-order valence-corrected chi connectivity index (χ3v) is 6.37. The van der Waals surface area contributed by atoms with Crippen molar-refractivity contribution in [3.05, 3.63) is 77.7 Å². The number of imidazole rings is 1. The molecule has 0 amide bonds. The first-order valence-corrected chi connectivity index (χ1v) is 11.4. The number of hydrogen-bond donors (Lipinski definition) is 0. The third-order valence-electron chi connectivity index (χ3n) is 6.37. The molecule has 32 heavy (non-hydrogen) atoms. The number of nitrogens with zero attached hydrogens (tertiary/aromatic N) is 3. The Morgan fingerprint density at radius 1 is 0.906 bits per heavy atom. The normalized spacial score (nSPS) is 12.0. The number of rotatable bonds is 4. The van der Waals surface area contributed by atoms with Crippen LogP contribution in [0, 0.1) is 6.92 Å². The van der Waals surface area contributed by atoms with E-state index in [2.05, 4.69) is 112 Å². The van der Waals surface area contributed by atoms with E-state index in [1.807, 2.05) is 0 Å². The standard InChI is InChI=1S/C28H30N3O/c1-17(2)20-9-7-8-10-24(20)31-16-15-30(6)28(31)25-19(5)11-12-21-22-13-14-23(18(3)4)29-27(22)32-26(21)25/h7-18H,1-6H3/q+1. The molecule has 4 nitrogen and oxygen atoms in total. The molecule has 162 valence electrons. The number of furan rings is 1. The van der Waals surface area contributed by atoms with Crippen molar-refractivity contribution in [3.8, 4) is 17.1 Å². The van der Waals surface area contributed by atoms with Crippen LogP contribution in [0.2, 0.25) is 0 Å². The zero-order chi connectivity index (χ0) is 22.6. The average molecular weight is 425 g/mol. The second-order valence-electron chi connectivity index (χ2n) is 9.30. The van der Waals surface area contributed by atoms with Crippen molar-refractivity contribution in [2.45, 2.75) is 46.5 Å². The minimum Gasteiger partial charge on any atom is -0.437 e. The van der Waals surface area contributed by atoms with Crippen molar-refractivity contribution in [1.29, 1.82) is 0 Å². The SMILES string of the molecule is Cc1ccc2c(oc3nc(C(C)C)ccc32)c1-c1n(-c2ccccc2C(C)C)cc[n+]1C. The van der Waals surface area contributed by atoms with Crippen LogP contribution in [0.1, 0.15) is 56.4 Å². The largest absolute Gasteiger partial charge is 0.437 e. The first kappa shape index (κ1) is 20.5. The van der Waals surface area contributed by atoms with Crippen molar-refractivity contribution in [1.82, 2.24) is 9.55 Å². The molecule has 5 rings (SSSR count). The summed E-state index contributed by atoms with van der Waals surface area (Å²) in [6.45, 7) is 11.0. The second-order valence-corrected chi connectivity index (χ2v) is 9.30. The van der Waals surface area contributed by atoms with Crippen molar-refractivity contribution >= 4 is 22.1 Å². The highest BCUT2D eigenvalue weighted by atomic mass is 16.3. The molecule has 3 heterocycles. The highest BCUT2D eigenvalue weighted by Crippen LogP contribution is 2.38. The molecule has 0 unspecified atom stereocenters. The molecule has 0 radical (unpaired) electrons. The van der Waals surface area contributed by atoms with Gasteiger partial charge in [-0.15, -0.1) is 0 Å². The van der Waals surface area contributed by atoms with Gasteiger partial charge in [0.1, 0.15) is 23.6 Å². The minimum absolute atomic E-state index is 0.358. The number of para-hydroxylation sites is 1. The fourth-order valence-electron chi connectivity index (χ4n) is 4.60. The number of aryl methyl sites for hydroxylation is 2. The van der Waals surface area contributed by atoms with Gasteiger partial charge in [-0.2, -0.15) is 4.57 Å². The third kappa shape index (κ3) is 3.13. The molecule has 2 aromatic carbocycles. The van der Waals surface area contributed by atoms with Crippen LogP contribution in [0.25, 0.3) is 39.1 Å².